The molecule has 0 aromatic heterocycles. The summed E-state index contributed by atoms with van der Waals surface area (Å²) in [6.07, 6.45) is 12.9. The molecule has 95 valence electrons. The van der Waals surface area contributed by atoms with Gasteiger partial charge in [-0.3, -0.25) is 5.57 Å². The van der Waals surface area contributed by atoms with Gasteiger partial charge in [-0.1, -0.05) is 32.3 Å². The van der Waals surface area contributed by atoms with Gasteiger partial charge in [0.2, 0.25) is 0 Å². The standard InChI is InChI=1S/C9H15.C6H9.Cu/c1-8(2)6-5-7-9(3)4;1-3-5-6-4-2;/h1H,3,5-7H2,2,4H3;3,5-6H2,1H3;/q2*-1;+2. The molecule has 0 fully saturated rings. The normalized spacial score (nSPS) is 7.88. The Hall–Kier alpha value is -0.441. The van der Waals surface area contributed by atoms with Crippen LogP contribution in [0.25, 0.3) is 0 Å². The smallest absolute Gasteiger partial charge is 0.694 e. The molecule has 0 N–H and O–H groups in total. The zero-order valence-corrected chi connectivity index (χ0v) is 11.8. The van der Waals surface area contributed by atoms with Crippen molar-refractivity contribution in [2.75, 3.05) is 0 Å². The molecule has 0 heterocycles. The summed E-state index contributed by atoms with van der Waals surface area (Å²) in [6, 6.07) is 0. The summed E-state index contributed by atoms with van der Waals surface area (Å²) in [5.74, 6) is 2.32. The fourth-order valence-corrected chi connectivity index (χ4v) is 0.934. The Morgan fingerprint density at radius 3 is 2.06 bits per heavy atom. The number of hydrogen-bond donors (Lipinski definition) is 0. The number of hydrogen-bond acceptors (Lipinski definition) is 0. The Morgan fingerprint density at radius 2 is 1.81 bits per heavy atom. The van der Waals surface area contributed by atoms with Crippen molar-refractivity contribution in [3.63, 3.8) is 0 Å². The van der Waals surface area contributed by atoms with Crippen molar-refractivity contribution in [1.29, 1.82) is 0 Å². The summed E-state index contributed by atoms with van der Waals surface area (Å²) >= 11 is 0. The van der Waals surface area contributed by atoms with Crippen LogP contribution in [0.5, 0.6) is 0 Å². The summed E-state index contributed by atoms with van der Waals surface area (Å²) in [7, 11) is 0. The average molecular weight is 268 g/mol. The molecule has 0 amide bonds. The third-order valence-corrected chi connectivity index (χ3v) is 1.83. The Labute approximate surface area is 113 Å². The minimum Gasteiger partial charge on any atom is -0.694 e. The van der Waals surface area contributed by atoms with Crippen LogP contribution in [0, 0.1) is 18.9 Å². The van der Waals surface area contributed by atoms with Crippen LogP contribution in [0.2, 0.25) is 0 Å². The summed E-state index contributed by atoms with van der Waals surface area (Å²) in [6.45, 7) is 15.4. The number of allylic oxidation sites excluding steroid dienone is 2. The van der Waals surface area contributed by atoms with E-state index in [1.165, 1.54) is 12.0 Å². The Bertz CT molecular complexity index is 194. The number of rotatable bonds is 6. The molecule has 0 rings (SSSR count). The predicted octanol–water partition coefficient (Wildman–Crippen LogP) is 4.88. The molecule has 16 heavy (non-hydrogen) atoms. The van der Waals surface area contributed by atoms with Crippen LogP contribution in [0.15, 0.2) is 17.7 Å². The van der Waals surface area contributed by atoms with Crippen molar-refractivity contribution in [2.24, 2.45) is 0 Å². The van der Waals surface area contributed by atoms with Gasteiger partial charge in [0.15, 0.2) is 0 Å². The van der Waals surface area contributed by atoms with Crippen LogP contribution >= 0.6 is 0 Å². The molecule has 0 atom stereocenters. The molecular weight excluding hydrogens is 244 g/mol. The zero-order chi connectivity index (χ0) is 12.1. The Kier molecular flexibility index (Phi) is 22.2. The van der Waals surface area contributed by atoms with E-state index < -0.39 is 0 Å². The first-order valence-corrected chi connectivity index (χ1v) is 5.66. The van der Waals surface area contributed by atoms with Gasteiger partial charge in [-0.2, -0.15) is 0 Å². The molecule has 1 heteroatoms. The molecule has 0 saturated carbocycles. The fraction of sp³-hybridized carbons (Fsp3) is 0.600. The van der Waals surface area contributed by atoms with E-state index in [1.54, 1.807) is 0 Å². The summed E-state index contributed by atoms with van der Waals surface area (Å²) in [4.78, 5) is 0. The SMILES string of the molecule is [C-]#CCCCC.[CH-]=C(C)CCCC(=C)C.[Cu+2]. The maximum Gasteiger partial charge on any atom is 2.00 e. The molecule has 0 spiro atoms. The van der Waals surface area contributed by atoms with E-state index in [2.05, 4.69) is 19.4 Å². The van der Waals surface area contributed by atoms with Gasteiger partial charge in [0.1, 0.15) is 0 Å². The Morgan fingerprint density at radius 1 is 1.25 bits per heavy atom. The van der Waals surface area contributed by atoms with Crippen LogP contribution in [-0.4, -0.2) is 0 Å². The minimum absolute atomic E-state index is 0. The molecule has 0 aromatic rings. The first-order valence-electron chi connectivity index (χ1n) is 5.66. The van der Waals surface area contributed by atoms with E-state index in [0.717, 1.165) is 37.7 Å². The van der Waals surface area contributed by atoms with E-state index in [1.807, 2.05) is 13.8 Å². The van der Waals surface area contributed by atoms with E-state index in [0.29, 0.717) is 0 Å². The first-order chi connectivity index (χ1) is 7.04. The van der Waals surface area contributed by atoms with Crippen molar-refractivity contribution in [3.8, 4) is 5.92 Å². The molecule has 0 bridgehead atoms. The van der Waals surface area contributed by atoms with Gasteiger partial charge in [-0.15, -0.1) is 6.58 Å². The van der Waals surface area contributed by atoms with Crippen LogP contribution < -0.4 is 0 Å². The second-order valence-electron chi connectivity index (χ2n) is 3.94. The summed E-state index contributed by atoms with van der Waals surface area (Å²) in [5, 5.41) is 0. The molecule has 0 nitrogen and oxygen atoms in total. The molecule has 0 unspecified atom stereocenters. The van der Waals surface area contributed by atoms with Crippen molar-refractivity contribution in [2.45, 2.75) is 59.3 Å². The molecular formula is C15H24Cu. The van der Waals surface area contributed by atoms with Gasteiger partial charge in [0.25, 0.3) is 0 Å². The molecule has 0 aliphatic rings. The van der Waals surface area contributed by atoms with E-state index in [4.69, 9.17) is 13.0 Å². The van der Waals surface area contributed by atoms with Gasteiger partial charge in [0.05, 0.1) is 0 Å². The fourth-order valence-electron chi connectivity index (χ4n) is 0.934. The maximum absolute atomic E-state index is 6.46. The first kappa shape index (κ1) is 20.9. The average Bonchev–Trinajstić information content (AvgIpc) is 2.14. The predicted molar refractivity (Wildman–Crippen MR) is 68.8 cm³/mol. The van der Waals surface area contributed by atoms with Crippen LogP contribution in [0.4, 0.5) is 0 Å². The van der Waals surface area contributed by atoms with Crippen LogP contribution in [-0.2, 0) is 17.1 Å². The molecule has 0 saturated heterocycles. The maximum atomic E-state index is 6.46. The topological polar surface area (TPSA) is 0 Å². The molecule has 0 aromatic carbocycles. The van der Waals surface area contributed by atoms with Gasteiger partial charge >= 0.3 is 17.1 Å². The van der Waals surface area contributed by atoms with Crippen LogP contribution in [0.1, 0.15) is 59.3 Å². The summed E-state index contributed by atoms with van der Waals surface area (Å²) in [5.41, 5.74) is 2.27. The van der Waals surface area contributed by atoms with Crippen molar-refractivity contribution in [1.82, 2.24) is 0 Å². The van der Waals surface area contributed by atoms with Gasteiger partial charge in [-0.25, -0.2) is 0 Å². The third-order valence-electron chi connectivity index (χ3n) is 1.83. The summed E-state index contributed by atoms with van der Waals surface area (Å²) < 4.78 is 0. The largest absolute Gasteiger partial charge is 2.00 e. The quantitative estimate of drug-likeness (QED) is 0.212. The van der Waals surface area contributed by atoms with Crippen molar-refractivity contribution >= 4 is 0 Å². The second kappa shape index (κ2) is 17.0. The molecule has 0 aliphatic carbocycles. The van der Waals surface area contributed by atoms with E-state index >= 15 is 0 Å². The molecule has 1 radical (unpaired) electrons. The van der Waals surface area contributed by atoms with E-state index in [9.17, 15) is 0 Å². The van der Waals surface area contributed by atoms with Gasteiger partial charge in [0, 0.05) is 0 Å². The third kappa shape index (κ3) is 29.2. The van der Waals surface area contributed by atoms with Crippen LogP contribution in [0.3, 0.4) is 0 Å². The number of unbranched alkanes of at least 4 members (excludes halogenated alkanes) is 2. The monoisotopic (exact) mass is 267 g/mol. The van der Waals surface area contributed by atoms with Crippen molar-refractivity contribution in [3.05, 3.63) is 30.7 Å². The Balaban J connectivity index is -0.000000214. The van der Waals surface area contributed by atoms with E-state index in [-0.39, 0.29) is 17.1 Å². The molecule has 0 aliphatic heterocycles. The zero-order valence-electron chi connectivity index (χ0n) is 10.8. The minimum atomic E-state index is 0. The second-order valence-corrected chi connectivity index (χ2v) is 3.94. The van der Waals surface area contributed by atoms with Gasteiger partial charge < -0.3 is 18.9 Å². The van der Waals surface area contributed by atoms with Crippen molar-refractivity contribution < 1.29 is 17.1 Å². The van der Waals surface area contributed by atoms with Gasteiger partial charge in [-0.05, 0) is 32.6 Å².